The molecule has 6 nitrogen and oxygen atoms in total. The SMILES string of the molecule is C[C@H](c1ccc(O)cc1)c1nnc2sc(Nc3cccc(F)c3)nn12. The number of aromatic nitrogens is 4. The quantitative estimate of drug-likeness (QED) is 0.580. The number of phenolic OH excluding ortho intramolecular Hbond substituents is 1. The summed E-state index contributed by atoms with van der Waals surface area (Å²) in [4.78, 5) is 0.652. The molecule has 0 radical (unpaired) electrons. The zero-order valence-electron chi connectivity index (χ0n) is 13.2. The first kappa shape index (κ1) is 15.5. The van der Waals surface area contributed by atoms with Crippen molar-refractivity contribution in [3.05, 3.63) is 65.7 Å². The Bertz CT molecular complexity index is 1030. The van der Waals surface area contributed by atoms with Crippen LogP contribution in [-0.2, 0) is 0 Å². The predicted octanol–water partition coefficient (Wildman–Crippen LogP) is 3.93. The van der Waals surface area contributed by atoms with Crippen LogP contribution in [0.15, 0.2) is 48.5 Å². The Morgan fingerprint density at radius 2 is 1.96 bits per heavy atom. The third kappa shape index (κ3) is 3.03. The fraction of sp³-hybridized carbons (Fsp3) is 0.118. The number of fused-ring (bicyclic) bond motifs is 1. The standard InChI is InChI=1S/C17H14FN5OS/c1-10(11-5-7-14(24)8-6-11)15-20-21-17-23(15)22-16(25-17)19-13-4-2-3-12(18)9-13/h2-10,24H,1H3,(H,19,22)/t10-/m1/s1. The summed E-state index contributed by atoms with van der Waals surface area (Å²) in [5.41, 5.74) is 1.62. The molecule has 4 aromatic rings. The number of nitrogens with zero attached hydrogens (tertiary/aromatic N) is 4. The van der Waals surface area contributed by atoms with Crippen LogP contribution in [-0.4, -0.2) is 24.9 Å². The van der Waals surface area contributed by atoms with Crippen LogP contribution in [0, 0.1) is 5.82 Å². The highest BCUT2D eigenvalue weighted by atomic mass is 32.1. The Kier molecular flexibility index (Phi) is 3.81. The lowest BCUT2D eigenvalue weighted by Crippen LogP contribution is -2.03. The summed E-state index contributed by atoms with van der Waals surface area (Å²) in [5.74, 6) is 0.566. The van der Waals surface area contributed by atoms with Crippen LogP contribution in [0.4, 0.5) is 15.2 Å². The molecule has 126 valence electrons. The molecule has 0 saturated carbocycles. The highest BCUT2D eigenvalue weighted by Crippen LogP contribution is 2.28. The van der Waals surface area contributed by atoms with Gasteiger partial charge in [-0.1, -0.05) is 36.5 Å². The Morgan fingerprint density at radius 3 is 2.72 bits per heavy atom. The Morgan fingerprint density at radius 1 is 1.16 bits per heavy atom. The van der Waals surface area contributed by atoms with Crippen LogP contribution in [0.25, 0.3) is 4.96 Å². The van der Waals surface area contributed by atoms with E-state index in [1.54, 1.807) is 28.8 Å². The summed E-state index contributed by atoms with van der Waals surface area (Å²) >= 11 is 1.34. The molecule has 1 atom stereocenters. The lowest BCUT2D eigenvalue weighted by molar-refractivity contribution is 0.475. The Balaban J connectivity index is 1.65. The zero-order valence-corrected chi connectivity index (χ0v) is 14.0. The third-order valence-corrected chi connectivity index (χ3v) is 4.69. The van der Waals surface area contributed by atoms with Gasteiger partial charge in [-0.25, -0.2) is 4.39 Å². The monoisotopic (exact) mass is 355 g/mol. The maximum absolute atomic E-state index is 13.3. The first-order valence-corrected chi connectivity index (χ1v) is 8.45. The summed E-state index contributed by atoms with van der Waals surface area (Å²) in [7, 11) is 0. The molecule has 0 fully saturated rings. The number of hydrogen-bond acceptors (Lipinski definition) is 6. The highest BCUT2D eigenvalue weighted by molar-refractivity contribution is 7.20. The normalized spacial score (nSPS) is 12.4. The second kappa shape index (κ2) is 6.14. The first-order chi connectivity index (χ1) is 12.1. The fourth-order valence-electron chi connectivity index (χ4n) is 2.55. The number of benzene rings is 2. The van der Waals surface area contributed by atoms with Crippen molar-refractivity contribution in [2.75, 3.05) is 5.32 Å². The van der Waals surface area contributed by atoms with Gasteiger partial charge < -0.3 is 10.4 Å². The van der Waals surface area contributed by atoms with Gasteiger partial charge in [0.1, 0.15) is 11.6 Å². The van der Waals surface area contributed by atoms with Crippen LogP contribution in [0.2, 0.25) is 0 Å². The largest absolute Gasteiger partial charge is 0.508 e. The van der Waals surface area contributed by atoms with Crippen molar-refractivity contribution in [2.45, 2.75) is 12.8 Å². The van der Waals surface area contributed by atoms with Crippen molar-refractivity contribution in [2.24, 2.45) is 0 Å². The van der Waals surface area contributed by atoms with Gasteiger partial charge in [0.05, 0.1) is 0 Å². The van der Waals surface area contributed by atoms with Gasteiger partial charge in [0.2, 0.25) is 10.1 Å². The van der Waals surface area contributed by atoms with E-state index in [1.165, 1.54) is 23.5 Å². The van der Waals surface area contributed by atoms with Crippen molar-refractivity contribution in [3.63, 3.8) is 0 Å². The van der Waals surface area contributed by atoms with Crippen molar-refractivity contribution < 1.29 is 9.50 Å². The zero-order chi connectivity index (χ0) is 17.4. The minimum atomic E-state index is -0.311. The number of phenols is 1. The van der Waals surface area contributed by atoms with Crippen molar-refractivity contribution in [3.8, 4) is 5.75 Å². The number of halogens is 1. The van der Waals surface area contributed by atoms with Gasteiger partial charge in [-0.2, -0.15) is 4.52 Å². The van der Waals surface area contributed by atoms with Crippen LogP contribution in [0.5, 0.6) is 5.75 Å². The summed E-state index contributed by atoms with van der Waals surface area (Å²) in [5, 5.41) is 26.0. The molecule has 0 aliphatic carbocycles. The summed E-state index contributed by atoms with van der Waals surface area (Å²) in [6.07, 6.45) is 0. The van der Waals surface area contributed by atoms with Gasteiger partial charge in [-0.3, -0.25) is 0 Å². The molecular weight excluding hydrogens is 341 g/mol. The van der Waals surface area contributed by atoms with Crippen LogP contribution in [0.1, 0.15) is 24.2 Å². The summed E-state index contributed by atoms with van der Waals surface area (Å²) in [6, 6.07) is 13.2. The van der Waals surface area contributed by atoms with Gasteiger partial charge >= 0.3 is 0 Å². The summed E-state index contributed by atoms with van der Waals surface area (Å²) in [6.45, 7) is 2.00. The van der Waals surface area contributed by atoms with Gasteiger partial charge in [0, 0.05) is 11.6 Å². The molecule has 25 heavy (non-hydrogen) atoms. The van der Waals surface area contributed by atoms with Gasteiger partial charge in [0.25, 0.3) is 0 Å². The number of anilines is 2. The van der Waals surface area contributed by atoms with Crippen molar-refractivity contribution in [1.29, 1.82) is 0 Å². The van der Waals surface area contributed by atoms with E-state index in [9.17, 15) is 9.50 Å². The van der Waals surface area contributed by atoms with Crippen molar-refractivity contribution in [1.82, 2.24) is 19.8 Å². The minimum Gasteiger partial charge on any atom is -0.508 e. The van der Waals surface area contributed by atoms with E-state index < -0.39 is 0 Å². The molecule has 0 bridgehead atoms. The topological polar surface area (TPSA) is 75.3 Å². The molecule has 0 saturated heterocycles. The lowest BCUT2D eigenvalue weighted by Gasteiger charge is -2.08. The van der Waals surface area contributed by atoms with E-state index in [4.69, 9.17) is 0 Å². The van der Waals surface area contributed by atoms with Gasteiger partial charge in [0.15, 0.2) is 5.82 Å². The van der Waals surface area contributed by atoms with Gasteiger partial charge in [-0.05, 0) is 35.9 Å². The third-order valence-electron chi connectivity index (χ3n) is 3.87. The fourth-order valence-corrected chi connectivity index (χ4v) is 3.32. The van der Waals surface area contributed by atoms with E-state index in [0.29, 0.717) is 21.6 Å². The smallest absolute Gasteiger partial charge is 0.236 e. The van der Waals surface area contributed by atoms with E-state index in [0.717, 1.165) is 5.56 Å². The molecule has 4 rings (SSSR count). The number of aromatic hydroxyl groups is 1. The van der Waals surface area contributed by atoms with E-state index in [1.807, 2.05) is 19.1 Å². The second-order valence-electron chi connectivity index (χ2n) is 5.61. The van der Waals surface area contributed by atoms with E-state index >= 15 is 0 Å². The van der Waals surface area contributed by atoms with Crippen LogP contribution < -0.4 is 5.32 Å². The highest BCUT2D eigenvalue weighted by Gasteiger charge is 2.19. The molecule has 0 unspecified atom stereocenters. The molecule has 2 aromatic carbocycles. The van der Waals surface area contributed by atoms with Gasteiger partial charge in [-0.15, -0.1) is 15.3 Å². The average molecular weight is 355 g/mol. The number of hydrogen-bond donors (Lipinski definition) is 2. The molecule has 2 aromatic heterocycles. The van der Waals surface area contributed by atoms with Crippen molar-refractivity contribution >= 4 is 27.1 Å². The predicted molar refractivity (Wildman–Crippen MR) is 94.0 cm³/mol. The first-order valence-electron chi connectivity index (χ1n) is 7.64. The molecule has 8 heteroatoms. The molecule has 0 aliphatic rings. The minimum absolute atomic E-state index is 0.0419. The number of nitrogens with one attached hydrogen (secondary N) is 1. The maximum Gasteiger partial charge on any atom is 0.236 e. The molecule has 0 amide bonds. The van der Waals surface area contributed by atoms with E-state index in [2.05, 4.69) is 20.6 Å². The van der Waals surface area contributed by atoms with Crippen LogP contribution >= 0.6 is 11.3 Å². The molecule has 0 aliphatic heterocycles. The molecule has 2 N–H and O–H groups in total. The Labute approximate surface area is 146 Å². The Hall–Kier alpha value is -3.00. The molecule has 2 heterocycles. The van der Waals surface area contributed by atoms with E-state index in [-0.39, 0.29) is 17.5 Å². The number of rotatable bonds is 4. The van der Waals surface area contributed by atoms with Crippen LogP contribution in [0.3, 0.4) is 0 Å². The molecule has 0 spiro atoms. The molecular formula is C17H14FN5OS. The second-order valence-corrected chi connectivity index (χ2v) is 6.56. The summed E-state index contributed by atoms with van der Waals surface area (Å²) < 4.78 is 15.0. The average Bonchev–Trinajstić information content (AvgIpc) is 3.15. The maximum atomic E-state index is 13.3. The lowest BCUT2D eigenvalue weighted by atomic mass is 10.0.